The normalized spacial score (nSPS) is 17.6. The van der Waals surface area contributed by atoms with Crippen molar-refractivity contribution in [3.8, 4) is 11.5 Å². The minimum Gasteiger partial charge on any atom is -0.478 e. The number of allylic oxidation sites excluding steroid dienone is 1. The van der Waals surface area contributed by atoms with Gasteiger partial charge in [-0.05, 0) is 42.8 Å². The van der Waals surface area contributed by atoms with E-state index in [1.54, 1.807) is 30.3 Å². The molecular weight excluding hydrogens is 433 g/mol. The quantitative estimate of drug-likeness (QED) is 0.424. The molecule has 0 spiro atoms. The molecule has 0 amide bonds. The molecule has 0 N–H and O–H groups in total. The highest BCUT2D eigenvalue weighted by molar-refractivity contribution is 6.37. The third-order valence-corrected chi connectivity index (χ3v) is 6.41. The number of hydrogen-bond donors (Lipinski definition) is 0. The number of hydrogen-bond acceptors (Lipinski definition) is 4. The number of halogens is 2. The van der Waals surface area contributed by atoms with Crippen molar-refractivity contribution in [2.45, 2.75) is 19.5 Å². The highest BCUT2D eigenvalue weighted by Gasteiger charge is 2.34. The first-order valence-electron chi connectivity index (χ1n) is 9.99. The van der Waals surface area contributed by atoms with Gasteiger partial charge in [-0.15, -0.1) is 0 Å². The SMILES string of the molecule is CC(c1ccccc1)N1COc2ccc3c(c2C1)O/C(=C\c1c(Cl)cccc1Cl)C3=O. The first-order chi connectivity index (χ1) is 15.0. The van der Waals surface area contributed by atoms with E-state index in [4.69, 9.17) is 32.7 Å². The summed E-state index contributed by atoms with van der Waals surface area (Å²) >= 11 is 12.5. The second kappa shape index (κ2) is 8.04. The van der Waals surface area contributed by atoms with Gasteiger partial charge in [0.2, 0.25) is 5.78 Å². The van der Waals surface area contributed by atoms with Gasteiger partial charge in [-0.1, -0.05) is 59.6 Å². The second-order valence-electron chi connectivity index (χ2n) is 7.60. The molecule has 0 radical (unpaired) electrons. The maximum absolute atomic E-state index is 13.0. The van der Waals surface area contributed by atoms with E-state index in [2.05, 4.69) is 24.0 Å². The summed E-state index contributed by atoms with van der Waals surface area (Å²) in [6.07, 6.45) is 1.60. The van der Waals surface area contributed by atoms with Crippen molar-refractivity contribution in [1.29, 1.82) is 0 Å². The summed E-state index contributed by atoms with van der Waals surface area (Å²) in [6.45, 7) is 3.22. The van der Waals surface area contributed by atoms with Gasteiger partial charge in [0, 0.05) is 28.2 Å². The summed E-state index contributed by atoms with van der Waals surface area (Å²) < 4.78 is 12.1. The fourth-order valence-corrected chi connectivity index (χ4v) is 4.45. The molecule has 0 aromatic heterocycles. The molecule has 2 heterocycles. The predicted molar refractivity (Wildman–Crippen MR) is 122 cm³/mol. The van der Waals surface area contributed by atoms with Crippen molar-refractivity contribution in [3.05, 3.63) is 98.7 Å². The van der Waals surface area contributed by atoms with Gasteiger partial charge in [0.1, 0.15) is 18.2 Å². The van der Waals surface area contributed by atoms with E-state index in [9.17, 15) is 4.79 Å². The van der Waals surface area contributed by atoms with Crippen LogP contribution in [-0.2, 0) is 6.54 Å². The van der Waals surface area contributed by atoms with E-state index < -0.39 is 0 Å². The van der Waals surface area contributed by atoms with Crippen LogP contribution < -0.4 is 9.47 Å². The minimum atomic E-state index is -0.193. The molecule has 5 rings (SSSR count). The van der Waals surface area contributed by atoms with Crippen LogP contribution in [-0.4, -0.2) is 17.4 Å². The van der Waals surface area contributed by atoms with Crippen LogP contribution in [0.25, 0.3) is 6.08 Å². The van der Waals surface area contributed by atoms with Gasteiger partial charge in [0.15, 0.2) is 5.76 Å². The average Bonchev–Trinajstić information content (AvgIpc) is 3.12. The Morgan fingerprint density at radius 3 is 2.48 bits per heavy atom. The van der Waals surface area contributed by atoms with E-state index in [0.29, 0.717) is 40.2 Å². The first-order valence-corrected chi connectivity index (χ1v) is 10.7. The Balaban J connectivity index is 1.48. The number of carbonyl (C=O) groups excluding carboxylic acids is 1. The lowest BCUT2D eigenvalue weighted by atomic mass is 10.0. The van der Waals surface area contributed by atoms with Crippen molar-refractivity contribution in [2.75, 3.05) is 6.73 Å². The topological polar surface area (TPSA) is 38.8 Å². The summed E-state index contributed by atoms with van der Waals surface area (Å²) in [6, 6.07) is 19.2. The molecule has 1 unspecified atom stereocenters. The molecule has 0 aliphatic carbocycles. The Morgan fingerprint density at radius 2 is 1.74 bits per heavy atom. The van der Waals surface area contributed by atoms with E-state index in [0.717, 1.165) is 11.3 Å². The molecule has 2 aliphatic heterocycles. The van der Waals surface area contributed by atoms with Crippen molar-refractivity contribution in [2.24, 2.45) is 0 Å². The van der Waals surface area contributed by atoms with E-state index in [1.807, 2.05) is 24.3 Å². The smallest absolute Gasteiger partial charge is 0.231 e. The molecule has 0 saturated heterocycles. The highest BCUT2D eigenvalue weighted by atomic mass is 35.5. The lowest BCUT2D eigenvalue weighted by Crippen LogP contribution is -2.34. The van der Waals surface area contributed by atoms with Crippen molar-refractivity contribution in [3.63, 3.8) is 0 Å². The van der Waals surface area contributed by atoms with E-state index >= 15 is 0 Å². The van der Waals surface area contributed by atoms with Crippen LogP contribution >= 0.6 is 23.2 Å². The highest BCUT2D eigenvalue weighted by Crippen LogP contribution is 2.43. The number of benzene rings is 3. The molecule has 3 aromatic rings. The van der Waals surface area contributed by atoms with Crippen LogP contribution in [0.2, 0.25) is 10.0 Å². The zero-order valence-electron chi connectivity index (χ0n) is 16.8. The van der Waals surface area contributed by atoms with Crippen LogP contribution in [0.5, 0.6) is 11.5 Å². The largest absolute Gasteiger partial charge is 0.478 e. The van der Waals surface area contributed by atoms with E-state index in [1.165, 1.54) is 5.56 Å². The van der Waals surface area contributed by atoms with Gasteiger partial charge >= 0.3 is 0 Å². The number of Topliss-reactive ketones (excluding diaryl/α,β-unsaturated/α-hetero) is 1. The molecule has 1 atom stereocenters. The number of fused-ring (bicyclic) bond motifs is 3. The molecule has 3 aromatic carbocycles. The minimum absolute atomic E-state index is 0.152. The van der Waals surface area contributed by atoms with Crippen LogP contribution in [0.4, 0.5) is 0 Å². The first kappa shape index (κ1) is 20.1. The Morgan fingerprint density at radius 1 is 1.00 bits per heavy atom. The van der Waals surface area contributed by atoms with Crippen LogP contribution in [0.3, 0.4) is 0 Å². The molecular formula is C25H19Cl2NO3. The molecule has 2 aliphatic rings. The van der Waals surface area contributed by atoms with Gasteiger partial charge in [-0.25, -0.2) is 0 Å². The third-order valence-electron chi connectivity index (χ3n) is 5.75. The Kier molecular flexibility index (Phi) is 5.22. The lowest BCUT2D eigenvalue weighted by molar-refractivity contribution is 0.0606. The van der Waals surface area contributed by atoms with Gasteiger partial charge in [0.05, 0.1) is 11.1 Å². The van der Waals surface area contributed by atoms with Gasteiger partial charge in [-0.3, -0.25) is 9.69 Å². The van der Waals surface area contributed by atoms with Crippen molar-refractivity contribution < 1.29 is 14.3 Å². The fourth-order valence-electron chi connectivity index (χ4n) is 3.95. The van der Waals surface area contributed by atoms with Gasteiger partial charge in [-0.2, -0.15) is 0 Å². The molecule has 31 heavy (non-hydrogen) atoms. The zero-order valence-corrected chi connectivity index (χ0v) is 18.3. The Labute approximate surface area is 190 Å². The molecule has 156 valence electrons. The number of rotatable bonds is 3. The number of carbonyl (C=O) groups is 1. The molecule has 4 nitrogen and oxygen atoms in total. The Hall–Kier alpha value is -2.79. The summed E-state index contributed by atoms with van der Waals surface area (Å²) in [5, 5.41) is 0.918. The number of ketones is 1. The lowest BCUT2D eigenvalue weighted by Gasteiger charge is -2.34. The fraction of sp³-hybridized carbons (Fsp3) is 0.160. The number of nitrogens with zero attached hydrogens (tertiary/aromatic N) is 1. The summed E-state index contributed by atoms with van der Waals surface area (Å²) in [4.78, 5) is 15.2. The van der Waals surface area contributed by atoms with Crippen LogP contribution in [0.1, 0.15) is 40.0 Å². The summed E-state index contributed by atoms with van der Waals surface area (Å²) in [5.74, 6) is 1.29. The maximum atomic E-state index is 13.0. The number of ether oxygens (including phenoxy) is 2. The standard InChI is InChI=1S/C25H19Cl2NO3/c1-15(16-6-3-2-4-7-16)28-13-19-22(30-14-28)11-10-17-24(29)23(31-25(17)19)12-18-20(26)8-5-9-21(18)27/h2-12,15H,13-14H2,1H3/b23-12-. The van der Waals surface area contributed by atoms with Crippen molar-refractivity contribution in [1.82, 2.24) is 4.90 Å². The van der Waals surface area contributed by atoms with Crippen LogP contribution in [0.15, 0.2) is 66.4 Å². The predicted octanol–water partition coefficient (Wildman–Crippen LogP) is 6.52. The Bertz CT molecular complexity index is 1190. The molecule has 0 fully saturated rings. The molecule has 0 saturated carbocycles. The molecule has 6 heteroatoms. The summed E-state index contributed by atoms with van der Waals surface area (Å²) in [5.41, 5.74) is 3.15. The van der Waals surface area contributed by atoms with Crippen molar-refractivity contribution >= 4 is 35.1 Å². The maximum Gasteiger partial charge on any atom is 0.231 e. The zero-order chi connectivity index (χ0) is 21.5. The second-order valence-corrected chi connectivity index (χ2v) is 8.42. The van der Waals surface area contributed by atoms with Gasteiger partial charge < -0.3 is 9.47 Å². The molecule has 0 bridgehead atoms. The average molecular weight is 452 g/mol. The third kappa shape index (κ3) is 3.61. The summed E-state index contributed by atoms with van der Waals surface area (Å²) in [7, 11) is 0. The van der Waals surface area contributed by atoms with Gasteiger partial charge in [0.25, 0.3) is 0 Å². The van der Waals surface area contributed by atoms with E-state index in [-0.39, 0.29) is 17.6 Å². The monoisotopic (exact) mass is 451 g/mol. The van der Waals surface area contributed by atoms with Crippen LogP contribution in [0, 0.1) is 0 Å².